The molecule has 0 aliphatic carbocycles. The van der Waals surface area contributed by atoms with Gasteiger partial charge in [-0.05, 0) is 49.6 Å². The number of aryl methyl sites for hydroxylation is 1. The van der Waals surface area contributed by atoms with Crippen LogP contribution >= 0.6 is 0 Å². The summed E-state index contributed by atoms with van der Waals surface area (Å²) >= 11 is 0. The Morgan fingerprint density at radius 3 is 2.26 bits per heavy atom. The van der Waals surface area contributed by atoms with Crippen LogP contribution in [0.1, 0.15) is 36.5 Å². The molecule has 11 heteroatoms. The van der Waals surface area contributed by atoms with Gasteiger partial charge in [-0.2, -0.15) is 17.5 Å². The van der Waals surface area contributed by atoms with E-state index in [0.717, 1.165) is 35.4 Å². The number of rotatable bonds is 7. The maximum Gasteiger partial charge on any atom is 0.416 e. The van der Waals surface area contributed by atoms with E-state index in [0.29, 0.717) is 19.3 Å². The second-order valence-corrected chi connectivity index (χ2v) is 10.6. The number of sulfonamides is 1. The Kier molecular flexibility index (Phi) is 8.22. The van der Waals surface area contributed by atoms with Crippen LogP contribution in [0.4, 0.5) is 13.2 Å². The van der Waals surface area contributed by atoms with Gasteiger partial charge in [0.25, 0.3) is 0 Å². The standard InChI is InChI=1S/C24H28F3N3O4S/c1-16-4-3-5-18(14-16)15-22(28-17(2)31)23(32)29-20-10-12-30(13-11-20)35(33,34)21-8-6-19(7-9-21)24(25,26)27/h3-9,14,20,22H,10-13,15H2,1-2H3,(H,28,31)(H,29,32)/t22-/m1/s1. The summed E-state index contributed by atoms with van der Waals surface area (Å²) in [6, 6.07) is 9.95. The van der Waals surface area contributed by atoms with Crippen molar-refractivity contribution in [1.82, 2.24) is 14.9 Å². The number of nitrogens with zero attached hydrogens (tertiary/aromatic N) is 1. The minimum atomic E-state index is -4.55. The van der Waals surface area contributed by atoms with E-state index in [4.69, 9.17) is 0 Å². The molecule has 1 aliphatic rings. The maximum absolute atomic E-state index is 12.9. The van der Waals surface area contributed by atoms with Crippen molar-refractivity contribution in [2.24, 2.45) is 0 Å². The molecular formula is C24H28F3N3O4S. The van der Waals surface area contributed by atoms with Gasteiger partial charge < -0.3 is 10.6 Å². The predicted molar refractivity (Wildman–Crippen MR) is 124 cm³/mol. The Morgan fingerprint density at radius 1 is 1.09 bits per heavy atom. The van der Waals surface area contributed by atoms with Gasteiger partial charge in [0.15, 0.2) is 0 Å². The Balaban J connectivity index is 1.60. The molecule has 1 saturated heterocycles. The third-order valence-corrected chi connectivity index (χ3v) is 7.75. The molecule has 35 heavy (non-hydrogen) atoms. The Labute approximate surface area is 202 Å². The molecule has 1 heterocycles. The fourth-order valence-corrected chi connectivity index (χ4v) is 5.51. The average molecular weight is 512 g/mol. The molecular weight excluding hydrogens is 483 g/mol. The quantitative estimate of drug-likeness (QED) is 0.598. The lowest BCUT2D eigenvalue weighted by atomic mass is 10.0. The first-order valence-electron chi connectivity index (χ1n) is 11.2. The summed E-state index contributed by atoms with van der Waals surface area (Å²) in [5.41, 5.74) is 1.01. The first-order valence-corrected chi connectivity index (χ1v) is 12.6. The van der Waals surface area contributed by atoms with E-state index in [-0.39, 0.29) is 35.8 Å². The third-order valence-electron chi connectivity index (χ3n) is 5.84. The SMILES string of the molecule is CC(=O)N[C@H](Cc1cccc(C)c1)C(=O)NC1CCN(S(=O)(=O)c2ccc(C(F)(F)F)cc2)CC1. The van der Waals surface area contributed by atoms with Gasteiger partial charge >= 0.3 is 6.18 Å². The summed E-state index contributed by atoms with van der Waals surface area (Å²) in [5.74, 6) is -0.694. The highest BCUT2D eigenvalue weighted by atomic mass is 32.2. The molecule has 1 aliphatic heterocycles. The molecule has 0 aromatic heterocycles. The molecule has 0 unspecified atom stereocenters. The summed E-state index contributed by atoms with van der Waals surface area (Å²) in [6.45, 7) is 3.48. The van der Waals surface area contributed by atoms with Gasteiger partial charge in [-0.15, -0.1) is 0 Å². The number of halogens is 3. The lowest BCUT2D eigenvalue weighted by molar-refractivity contribution is -0.137. The first kappa shape index (κ1) is 26.7. The largest absolute Gasteiger partial charge is 0.416 e. The molecule has 1 fully saturated rings. The molecule has 0 radical (unpaired) electrons. The number of carbonyl (C=O) groups excluding carboxylic acids is 2. The van der Waals surface area contributed by atoms with Gasteiger partial charge in [-0.25, -0.2) is 8.42 Å². The van der Waals surface area contributed by atoms with Crippen molar-refractivity contribution in [2.45, 2.75) is 56.3 Å². The van der Waals surface area contributed by atoms with Crippen molar-refractivity contribution in [1.29, 1.82) is 0 Å². The van der Waals surface area contributed by atoms with Crippen molar-refractivity contribution in [2.75, 3.05) is 13.1 Å². The van der Waals surface area contributed by atoms with Crippen LogP contribution in [-0.2, 0) is 32.2 Å². The van der Waals surface area contributed by atoms with Crippen LogP contribution < -0.4 is 10.6 Å². The molecule has 2 aromatic carbocycles. The Hall–Kier alpha value is -2.92. The summed E-state index contributed by atoms with van der Waals surface area (Å²) in [7, 11) is -3.96. The second kappa shape index (κ2) is 10.8. The molecule has 2 N–H and O–H groups in total. The Bertz CT molecular complexity index is 1160. The highest BCUT2D eigenvalue weighted by Crippen LogP contribution is 2.30. The minimum absolute atomic E-state index is 0.108. The van der Waals surface area contributed by atoms with Crippen LogP contribution in [0.15, 0.2) is 53.4 Å². The van der Waals surface area contributed by atoms with Gasteiger partial charge in [0, 0.05) is 32.5 Å². The van der Waals surface area contributed by atoms with Gasteiger partial charge in [0.2, 0.25) is 21.8 Å². The van der Waals surface area contributed by atoms with Crippen molar-refractivity contribution < 1.29 is 31.2 Å². The van der Waals surface area contributed by atoms with Crippen LogP contribution in [0.3, 0.4) is 0 Å². The number of piperidine rings is 1. The number of nitrogens with one attached hydrogen (secondary N) is 2. The predicted octanol–water partition coefficient (Wildman–Crippen LogP) is 3.03. The second-order valence-electron chi connectivity index (χ2n) is 8.66. The fourth-order valence-electron chi connectivity index (χ4n) is 4.04. The summed E-state index contributed by atoms with van der Waals surface area (Å²) in [5, 5.41) is 5.56. The normalized spacial score (nSPS) is 16.5. The average Bonchev–Trinajstić information content (AvgIpc) is 2.78. The number of amides is 2. The van der Waals surface area contributed by atoms with E-state index >= 15 is 0 Å². The molecule has 0 bridgehead atoms. The van der Waals surface area contributed by atoms with E-state index in [1.54, 1.807) is 0 Å². The van der Waals surface area contributed by atoms with E-state index in [2.05, 4.69) is 10.6 Å². The third kappa shape index (κ3) is 7.04. The van der Waals surface area contributed by atoms with Gasteiger partial charge in [0.05, 0.1) is 10.5 Å². The lowest BCUT2D eigenvalue weighted by Gasteiger charge is -2.32. The molecule has 0 spiro atoms. The van der Waals surface area contributed by atoms with Crippen LogP contribution in [0.5, 0.6) is 0 Å². The van der Waals surface area contributed by atoms with Crippen LogP contribution in [-0.4, -0.2) is 49.7 Å². The number of hydrogen-bond acceptors (Lipinski definition) is 4. The molecule has 0 saturated carbocycles. The van der Waals surface area contributed by atoms with Gasteiger partial charge in [0.1, 0.15) is 6.04 Å². The van der Waals surface area contributed by atoms with Crippen molar-refractivity contribution in [3.05, 3.63) is 65.2 Å². The smallest absolute Gasteiger partial charge is 0.351 e. The molecule has 2 amide bonds. The molecule has 1 atom stereocenters. The summed E-state index contributed by atoms with van der Waals surface area (Å²) < 4.78 is 65.2. The fraction of sp³-hybridized carbons (Fsp3) is 0.417. The van der Waals surface area contributed by atoms with Gasteiger partial charge in [-0.3, -0.25) is 9.59 Å². The van der Waals surface area contributed by atoms with E-state index < -0.39 is 27.8 Å². The highest BCUT2D eigenvalue weighted by molar-refractivity contribution is 7.89. The first-order chi connectivity index (χ1) is 16.4. The zero-order valence-corrected chi connectivity index (χ0v) is 20.2. The zero-order chi connectivity index (χ0) is 25.8. The number of alkyl halides is 3. The topological polar surface area (TPSA) is 95.6 Å². The number of hydrogen-bond donors (Lipinski definition) is 2. The maximum atomic E-state index is 12.9. The highest BCUT2D eigenvalue weighted by Gasteiger charge is 2.33. The van der Waals surface area contributed by atoms with E-state index in [1.165, 1.54) is 11.2 Å². The lowest BCUT2D eigenvalue weighted by Crippen LogP contribution is -2.53. The zero-order valence-electron chi connectivity index (χ0n) is 19.4. The van der Waals surface area contributed by atoms with E-state index in [1.807, 2.05) is 31.2 Å². The molecule has 190 valence electrons. The van der Waals surface area contributed by atoms with Crippen molar-refractivity contribution >= 4 is 21.8 Å². The van der Waals surface area contributed by atoms with Crippen LogP contribution in [0.25, 0.3) is 0 Å². The van der Waals surface area contributed by atoms with Crippen LogP contribution in [0.2, 0.25) is 0 Å². The van der Waals surface area contributed by atoms with Crippen LogP contribution in [0, 0.1) is 6.92 Å². The van der Waals surface area contributed by atoms with Crippen molar-refractivity contribution in [3.63, 3.8) is 0 Å². The molecule has 3 rings (SSSR count). The van der Waals surface area contributed by atoms with E-state index in [9.17, 15) is 31.2 Å². The van der Waals surface area contributed by atoms with Gasteiger partial charge in [-0.1, -0.05) is 29.8 Å². The number of carbonyl (C=O) groups is 2. The monoisotopic (exact) mass is 511 g/mol. The molecule has 7 nitrogen and oxygen atoms in total. The number of benzene rings is 2. The summed E-state index contributed by atoms with van der Waals surface area (Å²) in [6.07, 6.45) is -3.56. The Morgan fingerprint density at radius 2 is 1.71 bits per heavy atom. The van der Waals surface area contributed by atoms with Crippen molar-refractivity contribution in [3.8, 4) is 0 Å². The molecule has 2 aromatic rings. The minimum Gasteiger partial charge on any atom is -0.351 e. The summed E-state index contributed by atoms with van der Waals surface area (Å²) in [4.78, 5) is 24.3.